The number of methoxy groups -OCH3 is 1. The van der Waals surface area contributed by atoms with E-state index in [1.54, 1.807) is 0 Å². The summed E-state index contributed by atoms with van der Waals surface area (Å²) in [4.78, 5) is 16.0. The number of halogens is 1. The molecule has 1 amide bonds. The fourth-order valence-electron chi connectivity index (χ4n) is 2.89. The van der Waals surface area contributed by atoms with Crippen molar-refractivity contribution < 1.29 is 13.9 Å². The largest absolute Gasteiger partial charge is 0.375 e. The van der Waals surface area contributed by atoms with Crippen molar-refractivity contribution in [3.8, 4) is 0 Å². The summed E-state index contributed by atoms with van der Waals surface area (Å²) in [5.41, 5.74) is 1.13. The summed E-state index contributed by atoms with van der Waals surface area (Å²) >= 11 is 0. The van der Waals surface area contributed by atoms with Crippen molar-refractivity contribution in [1.29, 1.82) is 0 Å². The maximum absolute atomic E-state index is 13.0. The molecule has 0 spiro atoms. The van der Waals surface area contributed by atoms with Gasteiger partial charge in [0, 0.05) is 39.3 Å². The molecule has 0 aromatic heterocycles. The van der Waals surface area contributed by atoms with Gasteiger partial charge in [-0.25, -0.2) is 4.39 Å². The summed E-state index contributed by atoms with van der Waals surface area (Å²) in [6, 6.07) is 7.01. The van der Waals surface area contributed by atoms with E-state index in [-0.39, 0.29) is 24.4 Å². The zero-order chi connectivity index (χ0) is 15.2. The van der Waals surface area contributed by atoms with E-state index in [0.29, 0.717) is 0 Å². The summed E-state index contributed by atoms with van der Waals surface area (Å²) in [6.07, 6.45) is 0.970. The zero-order valence-electron chi connectivity index (χ0n) is 12.7. The van der Waals surface area contributed by atoms with Crippen molar-refractivity contribution in [1.82, 2.24) is 9.80 Å². The molecule has 1 fully saturated rings. The van der Waals surface area contributed by atoms with Gasteiger partial charge in [-0.15, -0.1) is 0 Å². The van der Waals surface area contributed by atoms with E-state index in [2.05, 4.69) is 11.8 Å². The van der Waals surface area contributed by atoms with E-state index in [0.717, 1.165) is 38.2 Å². The first-order valence-corrected chi connectivity index (χ1v) is 7.42. The van der Waals surface area contributed by atoms with Gasteiger partial charge < -0.3 is 9.64 Å². The van der Waals surface area contributed by atoms with E-state index < -0.39 is 0 Å². The van der Waals surface area contributed by atoms with Gasteiger partial charge in [0.1, 0.15) is 12.4 Å². The van der Waals surface area contributed by atoms with Crippen LogP contribution >= 0.6 is 0 Å². The molecular weight excluding hydrogens is 271 g/mol. The van der Waals surface area contributed by atoms with Crippen LogP contribution in [0.15, 0.2) is 24.3 Å². The van der Waals surface area contributed by atoms with Gasteiger partial charge in [-0.2, -0.15) is 0 Å². The van der Waals surface area contributed by atoms with Gasteiger partial charge in [0.25, 0.3) is 0 Å². The average molecular weight is 294 g/mol. The summed E-state index contributed by atoms with van der Waals surface area (Å²) in [6.45, 7) is 5.40. The highest BCUT2D eigenvalue weighted by Gasteiger charge is 2.25. The lowest BCUT2D eigenvalue weighted by Crippen LogP contribution is -2.50. The van der Waals surface area contributed by atoms with Crippen LogP contribution in [-0.4, -0.2) is 55.6 Å². The third kappa shape index (κ3) is 4.02. The molecule has 1 atom stereocenters. The topological polar surface area (TPSA) is 32.8 Å². The number of amides is 1. The Morgan fingerprint density at radius 1 is 1.24 bits per heavy atom. The molecule has 5 heteroatoms. The maximum atomic E-state index is 13.0. The average Bonchev–Trinajstić information content (AvgIpc) is 2.51. The van der Waals surface area contributed by atoms with E-state index in [1.165, 1.54) is 19.2 Å². The number of hydrogen-bond donors (Lipinski definition) is 0. The molecule has 4 nitrogen and oxygen atoms in total. The van der Waals surface area contributed by atoms with Crippen LogP contribution in [0.5, 0.6) is 0 Å². The molecule has 0 N–H and O–H groups in total. The SMILES string of the molecule is CC[C@H](c1ccc(F)cc1)N1CCN(C(=O)COC)CC1. The Balaban J connectivity index is 1.96. The van der Waals surface area contributed by atoms with E-state index in [4.69, 9.17) is 4.74 Å². The molecule has 1 aliphatic heterocycles. The summed E-state index contributed by atoms with van der Waals surface area (Å²) in [7, 11) is 1.54. The maximum Gasteiger partial charge on any atom is 0.248 e. The molecule has 0 aliphatic carbocycles. The first-order valence-electron chi connectivity index (χ1n) is 7.42. The highest BCUT2D eigenvalue weighted by atomic mass is 19.1. The number of benzene rings is 1. The van der Waals surface area contributed by atoms with Gasteiger partial charge >= 0.3 is 0 Å². The van der Waals surface area contributed by atoms with Crippen molar-refractivity contribution in [3.63, 3.8) is 0 Å². The molecule has 0 saturated carbocycles. The Morgan fingerprint density at radius 2 is 1.86 bits per heavy atom. The van der Waals surface area contributed by atoms with Crippen LogP contribution in [0.2, 0.25) is 0 Å². The van der Waals surface area contributed by atoms with Crippen LogP contribution in [-0.2, 0) is 9.53 Å². The molecule has 2 rings (SSSR count). The third-order valence-electron chi connectivity index (χ3n) is 4.02. The molecule has 1 heterocycles. The summed E-state index contributed by atoms with van der Waals surface area (Å²) in [5.74, 6) is -0.157. The Morgan fingerprint density at radius 3 is 2.38 bits per heavy atom. The van der Waals surface area contributed by atoms with E-state index in [9.17, 15) is 9.18 Å². The van der Waals surface area contributed by atoms with Gasteiger partial charge in [-0.05, 0) is 24.1 Å². The van der Waals surface area contributed by atoms with Crippen molar-refractivity contribution in [2.45, 2.75) is 19.4 Å². The van der Waals surface area contributed by atoms with Crippen molar-refractivity contribution in [2.24, 2.45) is 0 Å². The minimum absolute atomic E-state index is 0.0481. The molecule has 1 aliphatic rings. The Bertz CT molecular complexity index is 456. The van der Waals surface area contributed by atoms with Crippen LogP contribution in [0, 0.1) is 5.82 Å². The number of hydrogen-bond acceptors (Lipinski definition) is 3. The Kier molecular flexibility index (Phi) is 5.70. The van der Waals surface area contributed by atoms with Gasteiger partial charge in [0.05, 0.1) is 0 Å². The van der Waals surface area contributed by atoms with Gasteiger partial charge in [-0.1, -0.05) is 19.1 Å². The van der Waals surface area contributed by atoms with Crippen molar-refractivity contribution in [3.05, 3.63) is 35.6 Å². The minimum atomic E-state index is -0.205. The molecule has 116 valence electrons. The zero-order valence-corrected chi connectivity index (χ0v) is 12.7. The van der Waals surface area contributed by atoms with E-state index in [1.807, 2.05) is 17.0 Å². The standard InChI is InChI=1S/C16H23FN2O2/c1-3-15(13-4-6-14(17)7-5-13)18-8-10-19(11-9-18)16(20)12-21-2/h4-7,15H,3,8-12H2,1-2H3/t15-/m1/s1. The smallest absolute Gasteiger partial charge is 0.248 e. The first kappa shape index (κ1) is 15.9. The molecular formula is C16H23FN2O2. The number of carbonyl (C=O) groups is 1. The molecule has 0 unspecified atom stereocenters. The minimum Gasteiger partial charge on any atom is -0.375 e. The molecule has 1 saturated heterocycles. The fourth-order valence-corrected chi connectivity index (χ4v) is 2.89. The number of nitrogens with zero attached hydrogens (tertiary/aromatic N) is 2. The normalized spacial score (nSPS) is 17.8. The van der Waals surface area contributed by atoms with Crippen LogP contribution < -0.4 is 0 Å². The number of piperazine rings is 1. The second-order valence-electron chi connectivity index (χ2n) is 5.33. The van der Waals surface area contributed by atoms with Gasteiger partial charge in [0.2, 0.25) is 5.91 Å². The predicted octanol–water partition coefficient (Wildman–Crippen LogP) is 2.07. The van der Waals surface area contributed by atoms with E-state index >= 15 is 0 Å². The predicted molar refractivity (Wildman–Crippen MR) is 79.5 cm³/mol. The van der Waals surface area contributed by atoms with Crippen LogP contribution in [0.25, 0.3) is 0 Å². The van der Waals surface area contributed by atoms with Crippen LogP contribution in [0.1, 0.15) is 24.9 Å². The number of carbonyl (C=O) groups excluding carboxylic acids is 1. The monoisotopic (exact) mass is 294 g/mol. The first-order chi connectivity index (χ1) is 10.2. The van der Waals surface area contributed by atoms with Crippen LogP contribution in [0.3, 0.4) is 0 Å². The Hall–Kier alpha value is -1.46. The summed E-state index contributed by atoms with van der Waals surface area (Å²) < 4.78 is 17.9. The lowest BCUT2D eigenvalue weighted by molar-refractivity contribution is -0.137. The summed E-state index contributed by atoms with van der Waals surface area (Å²) in [5, 5.41) is 0. The lowest BCUT2D eigenvalue weighted by atomic mass is 10.0. The molecule has 1 aromatic rings. The second-order valence-corrected chi connectivity index (χ2v) is 5.33. The molecule has 0 bridgehead atoms. The van der Waals surface area contributed by atoms with Gasteiger partial charge in [0.15, 0.2) is 0 Å². The van der Waals surface area contributed by atoms with Crippen LogP contribution in [0.4, 0.5) is 4.39 Å². The van der Waals surface area contributed by atoms with Crippen molar-refractivity contribution >= 4 is 5.91 Å². The Labute approximate surface area is 125 Å². The fraction of sp³-hybridized carbons (Fsp3) is 0.562. The molecule has 21 heavy (non-hydrogen) atoms. The molecule has 1 aromatic carbocycles. The number of rotatable bonds is 5. The highest BCUT2D eigenvalue weighted by Crippen LogP contribution is 2.25. The van der Waals surface area contributed by atoms with Crippen molar-refractivity contribution in [2.75, 3.05) is 39.9 Å². The molecule has 0 radical (unpaired) electrons. The third-order valence-corrected chi connectivity index (χ3v) is 4.02. The second kappa shape index (κ2) is 7.52. The quantitative estimate of drug-likeness (QED) is 0.833. The highest BCUT2D eigenvalue weighted by molar-refractivity contribution is 5.77. The van der Waals surface area contributed by atoms with Gasteiger partial charge in [-0.3, -0.25) is 9.69 Å². The number of ether oxygens (including phenoxy) is 1. The lowest BCUT2D eigenvalue weighted by Gasteiger charge is -2.39.